The Morgan fingerprint density at radius 3 is 2.94 bits per heavy atom. The molecule has 0 saturated heterocycles. The summed E-state index contributed by atoms with van der Waals surface area (Å²) in [6, 6.07) is 12.3. The summed E-state index contributed by atoms with van der Waals surface area (Å²) in [5, 5.41) is 3.75. The second-order valence-corrected chi connectivity index (χ2v) is 4.24. The Morgan fingerprint density at radius 2 is 2.35 bits per heavy atom. The number of para-hydroxylation sites is 1. The van der Waals surface area contributed by atoms with Crippen LogP contribution in [-0.2, 0) is 0 Å². The highest BCUT2D eigenvalue weighted by molar-refractivity contribution is 7.08. The van der Waals surface area contributed by atoms with Gasteiger partial charge in [-0.15, -0.1) is 6.58 Å². The van der Waals surface area contributed by atoms with Crippen LogP contribution in [0.1, 0.15) is 10.4 Å². The molecule has 1 heterocycles. The van der Waals surface area contributed by atoms with Gasteiger partial charge in [-0.05, 0) is 17.5 Å². The van der Waals surface area contributed by atoms with Crippen molar-refractivity contribution in [3.05, 3.63) is 65.4 Å². The largest absolute Gasteiger partial charge is 0.304 e. The smallest absolute Gasteiger partial charge is 0.259 e. The summed E-state index contributed by atoms with van der Waals surface area (Å²) in [5.41, 5.74) is 1.47. The lowest BCUT2D eigenvalue weighted by Crippen LogP contribution is -2.30. The molecule has 0 aliphatic rings. The molecule has 1 aromatic heterocycles. The molecule has 3 heteroatoms. The molecular weight excluding hydrogens is 230 g/mol. The lowest BCUT2D eigenvalue weighted by atomic mass is 10.2. The molecule has 0 aliphatic carbocycles. The maximum atomic E-state index is 12.3. The number of nitrogens with zero attached hydrogens (tertiary/aromatic N) is 1. The van der Waals surface area contributed by atoms with Crippen LogP contribution in [0.4, 0.5) is 5.69 Å². The zero-order valence-corrected chi connectivity index (χ0v) is 10.1. The van der Waals surface area contributed by atoms with Crippen LogP contribution in [0.3, 0.4) is 0 Å². The molecule has 17 heavy (non-hydrogen) atoms. The molecule has 0 bridgehead atoms. The van der Waals surface area contributed by atoms with E-state index in [1.807, 2.05) is 35.0 Å². The Labute approximate surface area is 105 Å². The molecule has 0 spiro atoms. The van der Waals surface area contributed by atoms with Crippen molar-refractivity contribution >= 4 is 22.9 Å². The van der Waals surface area contributed by atoms with E-state index in [-0.39, 0.29) is 5.91 Å². The molecule has 2 rings (SSSR count). The molecule has 0 unspecified atom stereocenters. The fraction of sp³-hybridized carbons (Fsp3) is 0.0714. The van der Waals surface area contributed by atoms with Crippen molar-refractivity contribution in [2.45, 2.75) is 0 Å². The number of carbonyl (C=O) groups is 1. The lowest BCUT2D eigenvalue weighted by Gasteiger charge is -2.20. The number of hydrogen-bond acceptors (Lipinski definition) is 2. The highest BCUT2D eigenvalue weighted by Gasteiger charge is 2.16. The molecule has 1 aromatic carbocycles. The summed E-state index contributed by atoms with van der Waals surface area (Å²) < 4.78 is 0. The van der Waals surface area contributed by atoms with Gasteiger partial charge in [0.05, 0.1) is 11.3 Å². The Bertz CT molecular complexity index is 490. The SMILES string of the molecule is C=CCN(C(=O)c1ccsc1)c1[c]cccc1. The van der Waals surface area contributed by atoms with Crippen LogP contribution in [0.15, 0.2) is 53.7 Å². The molecule has 0 saturated carbocycles. The van der Waals surface area contributed by atoms with Gasteiger partial charge in [-0.2, -0.15) is 11.3 Å². The molecule has 2 aromatic rings. The van der Waals surface area contributed by atoms with E-state index in [4.69, 9.17) is 0 Å². The van der Waals surface area contributed by atoms with Crippen LogP contribution in [-0.4, -0.2) is 12.5 Å². The minimum Gasteiger partial charge on any atom is -0.304 e. The van der Waals surface area contributed by atoms with Crippen molar-refractivity contribution in [1.82, 2.24) is 0 Å². The van der Waals surface area contributed by atoms with E-state index in [9.17, 15) is 4.79 Å². The molecule has 0 N–H and O–H groups in total. The number of amides is 1. The minimum absolute atomic E-state index is 0.0198. The Hall–Kier alpha value is -1.87. The number of benzene rings is 1. The Kier molecular flexibility index (Phi) is 3.73. The van der Waals surface area contributed by atoms with E-state index < -0.39 is 0 Å². The normalized spacial score (nSPS) is 9.88. The maximum absolute atomic E-state index is 12.3. The first-order valence-electron chi connectivity index (χ1n) is 5.24. The third-order valence-electron chi connectivity index (χ3n) is 2.31. The van der Waals surface area contributed by atoms with Gasteiger partial charge in [0.1, 0.15) is 0 Å². The van der Waals surface area contributed by atoms with Crippen molar-refractivity contribution in [3.63, 3.8) is 0 Å². The third kappa shape index (κ3) is 2.63. The highest BCUT2D eigenvalue weighted by Crippen LogP contribution is 2.17. The zero-order valence-electron chi connectivity index (χ0n) is 9.30. The van der Waals surface area contributed by atoms with E-state index in [1.54, 1.807) is 17.0 Å². The van der Waals surface area contributed by atoms with Crippen LogP contribution in [0.5, 0.6) is 0 Å². The van der Waals surface area contributed by atoms with Gasteiger partial charge in [0.15, 0.2) is 0 Å². The number of anilines is 1. The Morgan fingerprint density at radius 1 is 1.47 bits per heavy atom. The van der Waals surface area contributed by atoms with Crippen LogP contribution in [0, 0.1) is 6.07 Å². The van der Waals surface area contributed by atoms with Gasteiger partial charge in [-0.25, -0.2) is 0 Å². The van der Waals surface area contributed by atoms with Crippen molar-refractivity contribution in [1.29, 1.82) is 0 Å². The number of thiophene rings is 1. The average Bonchev–Trinajstić information content (AvgIpc) is 2.90. The molecule has 0 fully saturated rings. The van der Waals surface area contributed by atoms with Crippen molar-refractivity contribution in [2.75, 3.05) is 11.4 Å². The second kappa shape index (κ2) is 5.46. The maximum Gasteiger partial charge on any atom is 0.259 e. The summed E-state index contributed by atoms with van der Waals surface area (Å²) >= 11 is 1.52. The van der Waals surface area contributed by atoms with Crippen molar-refractivity contribution in [3.8, 4) is 0 Å². The standard InChI is InChI=1S/C14H12NOS/c1-2-9-15(13-6-4-3-5-7-13)14(16)12-8-10-17-11-12/h2-6,8,10-11H,1,9H2. The van der Waals surface area contributed by atoms with E-state index in [2.05, 4.69) is 12.6 Å². The van der Waals surface area contributed by atoms with Gasteiger partial charge in [0, 0.05) is 18.0 Å². The van der Waals surface area contributed by atoms with Crippen LogP contribution in [0.25, 0.3) is 0 Å². The van der Waals surface area contributed by atoms with Crippen LogP contribution >= 0.6 is 11.3 Å². The van der Waals surface area contributed by atoms with E-state index in [1.165, 1.54) is 11.3 Å². The summed E-state index contributed by atoms with van der Waals surface area (Å²) in [6.45, 7) is 4.17. The van der Waals surface area contributed by atoms with Gasteiger partial charge in [0.25, 0.3) is 5.91 Å². The lowest BCUT2D eigenvalue weighted by molar-refractivity contribution is 0.0990. The summed E-state index contributed by atoms with van der Waals surface area (Å²) in [5.74, 6) is -0.0198. The molecule has 0 atom stereocenters. The molecule has 1 amide bonds. The molecule has 0 aliphatic heterocycles. The van der Waals surface area contributed by atoms with Crippen LogP contribution < -0.4 is 4.90 Å². The summed E-state index contributed by atoms with van der Waals surface area (Å²) in [6.07, 6.45) is 1.71. The van der Waals surface area contributed by atoms with Crippen LogP contribution in [0.2, 0.25) is 0 Å². The fourth-order valence-corrected chi connectivity index (χ4v) is 2.14. The zero-order chi connectivity index (χ0) is 12.1. The van der Waals surface area contributed by atoms with Gasteiger partial charge in [-0.1, -0.05) is 24.3 Å². The first-order chi connectivity index (χ1) is 8.33. The molecule has 1 radical (unpaired) electrons. The van der Waals surface area contributed by atoms with E-state index in [0.717, 1.165) is 5.69 Å². The predicted molar refractivity (Wildman–Crippen MR) is 71.5 cm³/mol. The topological polar surface area (TPSA) is 20.3 Å². The Balaban J connectivity index is 2.30. The molecular formula is C14H12NOS. The minimum atomic E-state index is -0.0198. The van der Waals surface area contributed by atoms with E-state index in [0.29, 0.717) is 12.1 Å². The highest BCUT2D eigenvalue weighted by atomic mass is 32.1. The quantitative estimate of drug-likeness (QED) is 0.753. The van der Waals surface area contributed by atoms with Gasteiger partial charge in [-0.3, -0.25) is 4.79 Å². The van der Waals surface area contributed by atoms with Gasteiger partial charge >= 0.3 is 0 Å². The summed E-state index contributed by atoms with van der Waals surface area (Å²) in [7, 11) is 0. The number of rotatable bonds is 4. The van der Waals surface area contributed by atoms with E-state index >= 15 is 0 Å². The molecule has 2 nitrogen and oxygen atoms in total. The second-order valence-electron chi connectivity index (χ2n) is 3.46. The van der Waals surface area contributed by atoms with Crippen molar-refractivity contribution in [2.24, 2.45) is 0 Å². The number of hydrogen-bond donors (Lipinski definition) is 0. The first kappa shape index (κ1) is 11.6. The van der Waals surface area contributed by atoms with Gasteiger partial charge < -0.3 is 4.90 Å². The fourth-order valence-electron chi connectivity index (χ4n) is 1.51. The monoisotopic (exact) mass is 242 g/mol. The number of carbonyl (C=O) groups excluding carboxylic acids is 1. The predicted octanol–water partition coefficient (Wildman–Crippen LogP) is 3.38. The third-order valence-corrected chi connectivity index (χ3v) is 2.99. The first-order valence-corrected chi connectivity index (χ1v) is 6.19. The summed E-state index contributed by atoms with van der Waals surface area (Å²) in [4.78, 5) is 13.9. The van der Waals surface area contributed by atoms with Gasteiger partial charge in [0.2, 0.25) is 0 Å². The average molecular weight is 242 g/mol. The molecule has 85 valence electrons. The van der Waals surface area contributed by atoms with Crippen molar-refractivity contribution < 1.29 is 4.79 Å².